The molecule has 1 aliphatic heterocycles. The van der Waals surface area contributed by atoms with Crippen LogP contribution < -0.4 is 10.2 Å². The zero-order valence-electron chi connectivity index (χ0n) is 14.7. The first-order chi connectivity index (χ1) is 12.6. The molecule has 0 radical (unpaired) electrons. The molecule has 1 saturated heterocycles. The van der Waals surface area contributed by atoms with Gasteiger partial charge >= 0.3 is 0 Å². The van der Waals surface area contributed by atoms with Crippen LogP contribution in [0.25, 0.3) is 0 Å². The molecule has 2 aromatic carbocycles. The number of nitrogens with zero attached hydrogens (tertiary/aromatic N) is 2. The van der Waals surface area contributed by atoms with Gasteiger partial charge in [0.25, 0.3) is 5.69 Å². The van der Waals surface area contributed by atoms with E-state index in [1.807, 2.05) is 24.3 Å². The molecule has 0 atom stereocenters. The summed E-state index contributed by atoms with van der Waals surface area (Å²) >= 11 is 0. The number of nitro groups is 1. The van der Waals surface area contributed by atoms with E-state index in [0.29, 0.717) is 0 Å². The fraction of sp³-hybridized carbons (Fsp3) is 0.350. The Balaban J connectivity index is 1.68. The van der Waals surface area contributed by atoms with Crippen molar-refractivity contribution in [3.63, 3.8) is 0 Å². The molecule has 3 rings (SSSR count). The van der Waals surface area contributed by atoms with Crippen molar-refractivity contribution < 1.29 is 9.72 Å². The molecule has 0 aliphatic carbocycles. The second-order valence-corrected chi connectivity index (χ2v) is 6.57. The van der Waals surface area contributed by atoms with Crippen LogP contribution in [-0.2, 0) is 11.2 Å². The highest BCUT2D eigenvalue weighted by molar-refractivity contribution is 5.95. The third-order valence-electron chi connectivity index (χ3n) is 4.64. The van der Waals surface area contributed by atoms with Crippen molar-refractivity contribution in [3.8, 4) is 0 Å². The van der Waals surface area contributed by atoms with Gasteiger partial charge in [0.15, 0.2) is 0 Å². The van der Waals surface area contributed by atoms with Crippen molar-refractivity contribution in [2.75, 3.05) is 23.3 Å². The molecule has 1 fully saturated rings. The van der Waals surface area contributed by atoms with Crippen molar-refractivity contribution in [1.82, 2.24) is 0 Å². The Kier molecular flexibility index (Phi) is 5.84. The minimum Gasteiger partial charge on any atom is -0.370 e. The van der Waals surface area contributed by atoms with Gasteiger partial charge < -0.3 is 10.2 Å². The van der Waals surface area contributed by atoms with Crippen LogP contribution in [0.4, 0.5) is 17.1 Å². The normalized spacial score (nSPS) is 14.5. The van der Waals surface area contributed by atoms with Gasteiger partial charge in [-0.3, -0.25) is 14.9 Å². The lowest BCUT2D eigenvalue weighted by Gasteiger charge is -2.25. The predicted octanol–water partition coefficient (Wildman–Crippen LogP) is 4.16. The number of carbonyl (C=O) groups is 1. The Labute approximate surface area is 153 Å². The molecule has 0 spiro atoms. The number of hydrogen-bond acceptors (Lipinski definition) is 4. The SMILES string of the molecule is O=C(Cc1ccc([N+](=O)[O-])cc1)Nc1ccccc1N1CCCCCC1. The number of para-hydroxylation sites is 2. The molecule has 6 nitrogen and oxygen atoms in total. The molecule has 0 unspecified atom stereocenters. The minimum atomic E-state index is -0.443. The summed E-state index contributed by atoms with van der Waals surface area (Å²) < 4.78 is 0. The van der Waals surface area contributed by atoms with Crippen LogP contribution in [0.3, 0.4) is 0 Å². The zero-order chi connectivity index (χ0) is 18.4. The van der Waals surface area contributed by atoms with Crippen LogP contribution in [-0.4, -0.2) is 23.9 Å². The standard InChI is InChI=1S/C20H23N3O3/c24-20(15-16-9-11-17(12-10-16)23(25)26)21-18-7-3-4-8-19(18)22-13-5-1-2-6-14-22/h3-4,7-12H,1-2,5-6,13-15H2,(H,21,24). The monoisotopic (exact) mass is 353 g/mol. The molecule has 1 amide bonds. The fourth-order valence-corrected chi connectivity index (χ4v) is 3.28. The van der Waals surface area contributed by atoms with Gasteiger partial charge in [-0.2, -0.15) is 0 Å². The van der Waals surface area contributed by atoms with E-state index in [0.717, 1.165) is 30.0 Å². The van der Waals surface area contributed by atoms with Crippen molar-refractivity contribution in [1.29, 1.82) is 0 Å². The van der Waals surface area contributed by atoms with Crippen LogP contribution in [0.15, 0.2) is 48.5 Å². The highest BCUT2D eigenvalue weighted by Crippen LogP contribution is 2.28. The van der Waals surface area contributed by atoms with E-state index in [9.17, 15) is 14.9 Å². The number of non-ortho nitro benzene ring substituents is 1. The molecule has 0 aromatic heterocycles. The molecular weight excluding hydrogens is 330 g/mol. The van der Waals surface area contributed by atoms with Crippen molar-refractivity contribution in [2.24, 2.45) is 0 Å². The van der Waals surface area contributed by atoms with Crippen molar-refractivity contribution >= 4 is 23.0 Å². The Bertz CT molecular complexity index is 766. The molecule has 1 N–H and O–H groups in total. The van der Waals surface area contributed by atoms with Crippen molar-refractivity contribution in [3.05, 3.63) is 64.2 Å². The predicted molar refractivity (Wildman–Crippen MR) is 103 cm³/mol. The van der Waals surface area contributed by atoms with Gasteiger partial charge in [-0.15, -0.1) is 0 Å². The molecule has 6 heteroatoms. The highest BCUT2D eigenvalue weighted by Gasteiger charge is 2.15. The molecule has 26 heavy (non-hydrogen) atoms. The third-order valence-corrected chi connectivity index (χ3v) is 4.64. The second kappa shape index (κ2) is 8.47. The maximum absolute atomic E-state index is 12.4. The summed E-state index contributed by atoms with van der Waals surface area (Å²) in [6.45, 7) is 2.02. The first-order valence-electron chi connectivity index (χ1n) is 9.00. The minimum absolute atomic E-state index is 0.0284. The lowest BCUT2D eigenvalue weighted by atomic mass is 10.1. The van der Waals surface area contributed by atoms with Gasteiger partial charge in [-0.05, 0) is 30.5 Å². The van der Waals surface area contributed by atoms with Gasteiger partial charge in [0, 0.05) is 25.2 Å². The first kappa shape index (κ1) is 17.9. The first-order valence-corrected chi connectivity index (χ1v) is 9.00. The number of anilines is 2. The van der Waals surface area contributed by atoms with Gasteiger partial charge in [0.1, 0.15) is 0 Å². The second-order valence-electron chi connectivity index (χ2n) is 6.57. The van der Waals surface area contributed by atoms with E-state index in [4.69, 9.17) is 0 Å². The number of nitro benzene ring substituents is 1. The van der Waals surface area contributed by atoms with Gasteiger partial charge in [-0.1, -0.05) is 37.1 Å². The van der Waals surface area contributed by atoms with E-state index >= 15 is 0 Å². The van der Waals surface area contributed by atoms with E-state index in [2.05, 4.69) is 10.2 Å². The number of carbonyl (C=O) groups excluding carboxylic acids is 1. The lowest BCUT2D eigenvalue weighted by molar-refractivity contribution is -0.384. The number of amides is 1. The molecule has 136 valence electrons. The molecule has 0 bridgehead atoms. The average molecular weight is 353 g/mol. The summed E-state index contributed by atoms with van der Waals surface area (Å²) in [5, 5.41) is 13.7. The molecule has 1 heterocycles. The quantitative estimate of drug-likeness (QED) is 0.647. The molecule has 1 aliphatic rings. The van der Waals surface area contributed by atoms with Crippen LogP contribution in [0, 0.1) is 10.1 Å². The van der Waals surface area contributed by atoms with Gasteiger partial charge in [0.05, 0.1) is 22.7 Å². The smallest absolute Gasteiger partial charge is 0.269 e. The Morgan fingerprint density at radius 2 is 1.65 bits per heavy atom. The number of hydrogen-bond donors (Lipinski definition) is 1. The van der Waals surface area contributed by atoms with E-state index < -0.39 is 4.92 Å². The maximum Gasteiger partial charge on any atom is 0.269 e. The van der Waals surface area contributed by atoms with E-state index in [1.165, 1.54) is 37.8 Å². The number of rotatable bonds is 5. The van der Waals surface area contributed by atoms with Crippen LogP contribution in [0.1, 0.15) is 31.2 Å². The summed E-state index contributed by atoms with van der Waals surface area (Å²) in [7, 11) is 0. The summed E-state index contributed by atoms with van der Waals surface area (Å²) in [6.07, 6.45) is 5.04. The Morgan fingerprint density at radius 1 is 1.00 bits per heavy atom. The Morgan fingerprint density at radius 3 is 2.31 bits per heavy atom. The molecule has 2 aromatic rings. The van der Waals surface area contributed by atoms with Gasteiger partial charge in [0.2, 0.25) is 5.91 Å². The highest BCUT2D eigenvalue weighted by atomic mass is 16.6. The fourth-order valence-electron chi connectivity index (χ4n) is 3.28. The summed E-state index contributed by atoms with van der Waals surface area (Å²) in [5.74, 6) is -0.124. The number of nitrogens with one attached hydrogen (secondary N) is 1. The largest absolute Gasteiger partial charge is 0.370 e. The van der Waals surface area contributed by atoms with E-state index in [1.54, 1.807) is 12.1 Å². The van der Waals surface area contributed by atoms with Crippen LogP contribution >= 0.6 is 0 Å². The molecule has 0 saturated carbocycles. The summed E-state index contributed by atoms with van der Waals surface area (Å²) in [5.41, 5.74) is 2.66. The third kappa shape index (κ3) is 4.59. The summed E-state index contributed by atoms with van der Waals surface area (Å²) in [4.78, 5) is 25.0. The molecular formula is C20H23N3O3. The average Bonchev–Trinajstić information content (AvgIpc) is 2.92. The number of benzene rings is 2. The topological polar surface area (TPSA) is 75.5 Å². The zero-order valence-corrected chi connectivity index (χ0v) is 14.7. The summed E-state index contributed by atoms with van der Waals surface area (Å²) in [6, 6.07) is 14.0. The maximum atomic E-state index is 12.4. The Hall–Kier alpha value is -2.89. The van der Waals surface area contributed by atoms with E-state index in [-0.39, 0.29) is 18.0 Å². The van der Waals surface area contributed by atoms with Crippen molar-refractivity contribution in [2.45, 2.75) is 32.1 Å². The van der Waals surface area contributed by atoms with Crippen LogP contribution in [0.5, 0.6) is 0 Å². The van der Waals surface area contributed by atoms with Crippen LogP contribution in [0.2, 0.25) is 0 Å². The lowest BCUT2D eigenvalue weighted by Crippen LogP contribution is -2.26. The van der Waals surface area contributed by atoms with Gasteiger partial charge in [-0.25, -0.2) is 0 Å².